The van der Waals surface area contributed by atoms with Gasteiger partial charge in [-0.3, -0.25) is 4.79 Å². The Kier molecular flexibility index (Phi) is 4.88. The van der Waals surface area contributed by atoms with Gasteiger partial charge in [0.1, 0.15) is 11.6 Å². The van der Waals surface area contributed by atoms with E-state index in [2.05, 4.69) is 5.32 Å². The summed E-state index contributed by atoms with van der Waals surface area (Å²) in [5.41, 5.74) is 0.798. The van der Waals surface area contributed by atoms with Crippen molar-refractivity contribution in [3.8, 4) is 5.75 Å². The van der Waals surface area contributed by atoms with E-state index in [1.807, 2.05) is 29.6 Å². The van der Waals surface area contributed by atoms with Crippen LogP contribution in [0, 0.1) is 5.82 Å². The van der Waals surface area contributed by atoms with Crippen molar-refractivity contribution in [2.24, 2.45) is 0 Å². The second-order valence-corrected chi connectivity index (χ2v) is 6.08. The lowest BCUT2D eigenvalue weighted by atomic mass is 10.2. The number of rotatable bonds is 6. The molecule has 0 saturated heterocycles. The number of thiophene rings is 1. The summed E-state index contributed by atoms with van der Waals surface area (Å²) in [6.07, 6.45) is 0.931. The Morgan fingerprint density at radius 3 is 2.96 bits per heavy atom. The SMILES string of the molecule is O=C(CCCOc1cccc(F)c1)Nc1ccc2sccc2c1. The molecule has 0 aliphatic rings. The van der Waals surface area contributed by atoms with Gasteiger partial charge in [-0.2, -0.15) is 0 Å². The van der Waals surface area contributed by atoms with Gasteiger partial charge >= 0.3 is 0 Å². The van der Waals surface area contributed by atoms with Gasteiger partial charge in [-0.05, 0) is 53.6 Å². The van der Waals surface area contributed by atoms with E-state index in [-0.39, 0.29) is 11.7 Å². The molecule has 1 amide bonds. The maximum atomic E-state index is 13.0. The number of halogens is 1. The van der Waals surface area contributed by atoms with Crippen LogP contribution in [0.2, 0.25) is 0 Å². The molecule has 3 aromatic rings. The zero-order valence-corrected chi connectivity index (χ0v) is 13.2. The minimum atomic E-state index is -0.330. The highest BCUT2D eigenvalue weighted by Crippen LogP contribution is 2.24. The molecule has 0 radical (unpaired) electrons. The topological polar surface area (TPSA) is 38.3 Å². The fourth-order valence-electron chi connectivity index (χ4n) is 2.25. The predicted molar refractivity (Wildman–Crippen MR) is 91.6 cm³/mol. The van der Waals surface area contributed by atoms with E-state index in [4.69, 9.17) is 4.74 Å². The van der Waals surface area contributed by atoms with Crippen LogP contribution in [0.1, 0.15) is 12.8 Å². The van der Waals surface area contributed by atoms with Crippen molar-refractivity contribution in [2.45, 2.75) is 12.8 Å². The van der Waals surface area contributed by atoms with Crippen LogP contribution in [-0.4, -0.2) is 12.5 Å². The molecule has 1 heterocycles. The highest BCUT2D eigenvalue weighted by atomic mass is 32.1. The molecule has 0 saturated carbocycles. The van der Waals surface area contributed by atoms with Crippen molar-refractivity contribution in [3.63, 3.8) is 0 Å². The van der Waals surface area contributed by atoms with Crippen molar-refractivity contribution < 1.29 is 13.9 Å². The Morgan fingerprint density at radius 2 is 2.09 bits per heavy atom. The number of amides is 1. The third kappa shape index (κ3) is 4.29. The molecule has 0 spiro atoms. The van der Waals surface area contributed by atoms with Crippen molar-refractivity contribution in [1.82, 2.24) is 0 Å². The van der Waals surface area contributed by atoms with E-state index in [9.17, 15) is 9.18 Å². The first-order valence-corrected chi connectivity index (χ1v) is 8.24. The summed E-state index contributed by atoms with van der Waals surface area (Å²) < 4.78 is 19.6. The molecule has 0 aliphatic carbocycles. The van der Waals surface area contributed by atoms with Gasteiger partial charge in [0.05, 0.1) is 6.61 Å². The lowest BCUT2D eigenvalue weighted by Gasteiger charge is -2.07. The standard InChI is InChI=1S/C18H16FNO2S/c19-14-3-1-4-16(12-14)22-9-2-5-18(21)20-15-6-7-17-13(11-15)8-10-23-17/h1,3-4,6-8,10-12H,2,5,9H2,(H,20,21). The molecule has 5 heteroatoms. The molecular formula is C18H16FNO2S. The summed E-state index contributed by atoms with van der Waals surface area (Å²) in [6, 6.07) is 13.9. The molecule has 0 bridgehead atoms. The van der Waals surface area contributed by atoms with Gasteiger partial charge in [0.25, 0.3) is 0 Å². The average Bonchev–Trinajstić information content (AvgIpc) is 2.99. The summed E-state index contributed by atoms with van der Waals surface area (Å²) in [6.45, 7) is 0.375. The third-order valence-electron chi connectivity index (χ3n) is 3.35. The maximum Gasteiger partial charge on any atom is 0.224 e. The molecular weight excluding hydrogens is 313 g/mol. The van der Waals surface area contributed by atoms with Gasteiger partial charge in [-0.15, -0.1) is 11.3 Å². The molecule has 1 aromatic heterocycles. The predicted octanol–water partition coefficient (Wildman–Crippen LogP) is 4.84. The molecule has 0 aliphatic heterocycles. The van der Waals surface area contributed by atoms with E-state index >= 15 is 0 Å². The molecule has 118 valence electrons. The summed E-state index contributed by atoms with van der Waals surface area (Å²) in [5.74, 6) is 0.0970. The Balaban J connectivity index is 1.44. The quantitative estimate of drug-likeness (QED) is 0.657. The number of carbonyl (C=O) groups is 1. The normalized spacial score (nSPS) is 10.7. The average molecular weight is 329 g/mol. The molecule has 2 aromatic carbocycles. The number of hydrogen-bond acceptors (Lipinski definition) is 3. The van der Waals surface area contributed by atoms with Crippen molar-refractivity contribution in [1.29, 1.82) is 0 Å². The van der Waals surface area contributed by atoms with Gasteiger partial charge in [-0.25, -0.2) is 4.39 Å². The zero-order valence-electron chi connectivity index (χ0n) is 12.4. The minimum absolute atomic E-state index is 0.0533. The van der Waals surface area contributed by atoms with Gasteiger partial charge in [0.2, 0.25) is 5.91 Å². The van der Waals surface area contributed by atoms with Gasteiger partial charge in [0, 0.05) is 22.9 Å². The first kappa shape index (κ1) is 15.5. The van der Waals surface area contributed by atoms with Gasteiger partial charge in [-0.1, -0.05) is 6.07 Å². The summed E-state index contributed by atoms with van der Waals surface area (Å²) in [4.78, 5) is 11.9. The summed E-state index contributed by atoms with van der Waals surface area (Å²) >= 11 is 1.67. The lowest BCUT2D eigenvalue weighted by molar-refractivity contribution is -0.116. The molecule has 3 rings (SSSR count). The van der Waals surface area contributed by atoms with Crippen LogP contribution < -0.4 is 10.1 Å². The van der Waals surface area contributed by atoms with E-state index in [0.717, 1.165) is 11.1 Å². The molecule has 0 fully saturated rings. The second kappa shape index (κ2) is 7.24. The Bertz CT molecular complexity index is 815. The van der Waals surface area contributed by atoms with Gasteiger partial charge in [0.15, 0.2) is 0 Å². The van der Waals surface area contributed by atoms with Crippen molar-refractivity contribution >= 4 is 33.0 Å². The second-order valence-electron chi connectivity index (χ2n) is 5.13. The number of hydrogen-bond donors (Lipinski definition) is 1. The third-order valence-corrected chi connectivity index (χ3v) is 4.25. The zero-order chi connectivity index (χ0) is 16.1. The van der Waals surface area contributed by atoms with Gasteiger partial charge < -0.3 is 10.1 Å². The van der Waals surface area contributed by atoms with Crippen LogP contribution in [0.5, 0.6) is 5.75 Å². The number of fused-ring (bicyclic) bond motifs is 1. The van der Waals surface area contributed by atoms with Crippen molar-refractivity contribution in [3.05, 3.63) is 59.7 Å². The Labute approximate surface area is 137 Å². The number of carbonyl (C=O) groups excluding carboxylic acids is 1. The molecule has 1 N–H and O–H groups in total. The van der Waals surface area contributed by atoms with E-state index in [1.54, 1.807) is 23.5 Å². The number of ether oxygens (including phenoxy) is 1. The maximum absolute atomic E-state index is 13.0. The molecule has 23 heavy (non-hydrogen) atoms. The van der Waals surface area contributed by atoms with Crippen LogP contribution in [-0.2, 0) is 4.79 Å². The minimum Gasteiger partial charge on any atom is -0.493 e. The molecule has 0 unspecified atom stereocenters. The van der Waals surface area contributed by atoms with Crippen LogP contribution >= 0.6 is 11.3 Å². The van der Waals surface area contributed by atoms with Crippen LogP contribution in [0.15, 0.2) is 53.9 Å². The monoisotopic (exact) mass is 329 g/mol. The molecule has 0 atom stereocenters. The number of nitrogens with one attached hydrogen (secondary N) is 1. The van der Waals surface area contributed by atoms with Crippen LogP contribution in [0.4, 0.5) is 10.1 Å². The Hall–Kier alpha value is -2.40. The first-order valence-electron chi connectivity index (χ1n) is 7.36. The van der Waals surface area contributed by atoms with E-state index < -0.39 is 0 Å². The van der Waals surface area contributed by atoms with E-state index in [0.29, 0.717) is 25.2 Å². The largest absolute Gasteiger partial charge is 0.493 e. The fraction of sp³-hybridized carbons (Fsp3) is 0.167. The number of anilines is 1. The number of benzene rings is 2. The highest BCUT2D eigenvalue weighted by Gasteiger charge is 2.04. The smallest absolute Gasteiger partial charge is 0.224 e. The lowest BCUT2D eigenvalue weighted by Crippen LogP contribution is -2.12. The van der Waals surface area contributed by atoms with Crippen molar-refractivity contribution in [2.75, 3.05) is 11.9 Å². The summed E-state index contributed by atoms with van der Waals surface area (Å²) in [5, 5.41) is 6.04. The fourth-order valence-corrected chi connectivity index (χ4v) is 3.02. The summed E-state index contributed by atoms with van der Waals surface area (Å²) in [7, 11) is 0. The first-order chi connectivity index (χ1) is 11.2. The highest BCUT2D eigenvalue weighted by molar-refractivity contribution is 7.17. The van der Waals surface area contributed by atoms with E-state index in [1.165, 1.54) is 16.8 Å². The molecule has 3 nitrogen and oxygen atoms in total. The van der Waals surface area contributed by atoms with Crippen LogP contribution in [0.3, 0.4) is 0 Å². The Morgan fingerprint density at radius 1 is 1.17 bits per heavy atom. The van der Waals surface area contributed by atoms with Crippen LogP contribution in [0.25, 0.3) is 10.1 Å².